The fourth-order valence-corrected chi connectivity index (χ4v) is 4.78. The second-order valence-corrected chi connectivity index (χ2v) is 9.57. The normalized spacial score (nSPS) is 15.9. The maximum absolute atomic E-state index is 12.3. The topological polar surface area (TPSA) is 72.5 Å². The number of benzene rings is 3. The van der Waals surface area contributed by atoms with Gasteiger partial charge in [0.2, 0.25) is 5.91 Å². The predicted molar refractivity (Wildman–Crippen MR) is 136 cm³/mol. The molecule has 1 heterocycles. The van der Waals surface area contributed by atoms with Crippen molar-refractivity contribution >= 4 is 40.3 Å². The van der Waals surface area contributed by atoms with Crippen LogP contribution in [-0.2, 0) is 16.0 Å². The lowest BCUT2D eigenvalue weighted by Gasteiger charge is -2.10. The third kappa shape index (κ3) is 5.83. The zero-order chi connectivity index (χ0) is 24.2. The Bertz CT molecular complexity index is 1260. The van der Waals surface area contributed by atoms with Crippen LogP contribution < -0.4 is 10.1 Å². The molecule has 172 valence electrons. The maximum Gasteiger partial charge on any atom is 0.286 e. The third-order valence-corrected chi connectivity index (χ3v) is 6.43. The lowest BCUT2D eigenvalue weighted by atomic mass is 9.98. The van der Waals surface area contributed by atoms with Gasteiger partial charge in [0.1, 0.15) is 11.5 Å². The molecule has 0 bridgehead atoms. The molecule has 1 N–H and O–H groups in total. The molecule has 1 aliphatic heterocycles. The van der Waals surface area contributed by atoms with Crippen molar-refractivity contribution in [3.63, 3.8) is 0 Å². The smallest absolute Gasteiger partial charge is 0.286 e. The molecule has 5 nitrogen and oxygen atoms in total. The summed E-state index contributed by atoms with van der Waals surface area (Å²) in [6, 6.07) is 21.1. The first-order chi connectivity index (χ1) is 16.3. The summed E-state index contributed by atoms with van der Waals surface area (Å²) < 4.78 is 5.94. The van der Waals surface area contributed by atoms with E-state index in [1.54, 1.807) is 6.92 Å². The summed E-state index contributed by atoms with van der Waals surface area (Å²) in [5.74, 6) is 1.07. The quantitative estimate of drug-likeness (QED) is 0.332. The fourth-order valence-electron chi connectivity index (χ4n) is 3.92. The molecule has 3 aromatic rings. The fraction of sp³-hybridized carbons (Fsp3) is 0.179. The number of carbonyl (C=O) groups is 3. The molecule has 2 amide bonds. The van der Waals surface area contributed by atoms with Crippen LogP contribution >= 0.6 is 11.8 Å². The van der Waals surface area contributed by atoms with Gasteiger partial charge in [-0.05, 0) is 74.2 Å². The minimum absolute atomic E-state index is 0.000719. The standard InChI is InChI=1S/C28H25NO4S/c1-17-12-18(2)14-21(13-17)15-25(19(3)30)22-6-10-24(11-7-22)33-23-8-4-20(5-9-23)16-26-27(31)29-28(32)34-26/h4-15,26H,16H2,1-3H3,(H,29,31,32)/b25-15-. The summed E-state index contributed by atoms with van der Waals surface area (Å²) >= 11 is 1.02. The number of ketones is 1. The Balaban J connectivity index is 1.45. The Morgan fingerprint density at radius 3 is 2.06 bits per heavy atom. The van der Waals surface area contributed by atoms with Crippen molar-refractivity contribution < 1.29 is 19.1 Å². The number of Topliss-reactive ketones (excluding diaryl/α,β-unsaturated/α-hetero) is 1. The van der Waals surface area contributed by atoms with E-state index in [2.05, 4.69) is 23.5 Å². The SMILES string of the molecule is CC(=O)/C(=C/c1cc(C)cc(C)c1)c1ccc(Oc2ccc(CC3SC(=O)NC3=O)cc2)cc1. The molecule has 3 aromatic carbocycles. The van der Waals surface area contributed by atoms with Crippen LogP contribution in [0.25, 0.3) is 11.6 Å². The number of imide groups is 1. The molecule has 1 fully saturated rings. The minimum atomic E-state index is -0.390. The van der Waals surface area contributed by atoms with E-state index in [4.69, 9.17) is 4.74 Å². The molecule has 0 radical (unpaired) electrons. The highest BCUT2D eigenvalue weighted by molar-refractivity contribution is 8.15. The average Bonchev–Trinajstić information content (AvgIpc) is 3.10. The Morgan fingerprint density at radius 1 is 0.941 bits per heavy atom. The molecule has 1 aliphatic rings. The van der Waals surface area contributed by atoms with Gasteiger partial charge in [-0.15, -0.1) is 0 Å². The molecular weight excluding hydrogens is 446 g/mol. The number of ether oxygens (including phenoxy) is 1. The monoisotopic (exact) mass is 471 g/mol. The molecule has 0 spiro atoms. The highest BCUT2D eigenvalue weighted by atomic mass is 32.2. The van der Waals surface area contributed by atoms with Crippen molar-refractivity contribution in [2.24, 2.45) is 0 Å². The van der Waals surface area contributed by atoms with Crippen molar-refractivity contribution in [3.8, 4) is 11.5 Å². The van der Waals surface area contributed by atoms with E-state index in [0.717, 1.165) is 39.6 Å². The second kappa shape index (κ2) is 10.1. The van der Waals surface area contributed by atoms with Gasteiger partial charge in [0.15, 0.2) is 5.78 Å². The number of amides is 2. The number of rotatable bonds is 7. The summed E-state index contributed by atoms with van der Waals surface area (Å²) in [5, 5.41) is 1.62. The molecule has 4 rings (SSSR count). The molecule has 1 unspecified atom stereocenters. The predicted octanol–water partition coefficient (Wildman–Crippen LogP) is 6.12. The van der Waals surface area contributed by atoms with Gasteiger partial charge in [0.05, 0.1) is 5.25 Å². The first-order valence-corrected chi connectivity index (χ1v) is 11.8. The first kappa shape index (κ1) is 23.5. The van der Waals surface area contributed by atoms with E-state index in [0.29, 0.717) is 23.5 Å². The molecular formula is C28H25NO4S. The molecule has 1 saturated heterocycles. The van der Waals surface area contributed by atoms with Crippen LogP contribution in [-0.4, -0.2) is 22.2 Å². The van der Waals surface area contributed by atoms with Gasteiger partial charge >= 0.3 is 0 Å². The van der Waals surface area contributed by atoms with Crippen molar-refractivity contribution in [2.45, 2.75) is 32.4 Å². The van der Waals surface area contributed by atoms with Gasteiger partial charge in [0.25, 0.3) is 5.24 Å². The number of allylic oxidation sites excluding steroid dienone is 1. The zero-order valence-corrected chi connectivity index (χ0v) is 20.1. The van der Waals surface area contributed by atoms with Crippen LogP contribution in [0.2, 0.25) is 0 Å². The lowest BCUT2D eigenvalue weighted by molar-refractivity contribution is -0.119. The number of thioether (sulfide) groups is 1. The Morgan fingerprint density at radius 2 is 1.53 bits per heavy atom. The number of nitrogens with one attached hydrogen (secondary N) is 1. The van der Waals surface area contributed by atoms with Gasteiger partial charge in [-0.2, -0.15) is 0 Å². The molecule has 34 heavy (non-hydrogen) atoms. The Hall–Kier alpha value is -3.64. The molecule has 0 aliphatic carbocycles. The van der Waals surface area contributed by atoms with Crippen LogP contribution in [0, 0.1) is 13.8 Å². The van der Waals surface area contributed by atoms with Crippen molar-refractivity contribution in [1.29, 1.82) is 0 Å². The van der Waals surface area contributed by atoms with Crippen LogP contribution in [0.3, 0.4) is 0 Å². The van der Waals surface area contributed by atoms with Gasteiger partial charge in [-0.3, -0.25) is 19.7 Å². The van der Waals surface area contributed by atoms with Crippen LogP contribution in [0.4, 0.5) is 4.79 Å². The number of hydrogen-bond acceptors (Lipinski definition) is 5. The van der Waals surface area contributed by atoms with Crippen LogP contribution in [0.5, 0.6) is 11.5 Å². The van der Waals surface area contributed by atoms with Crippen LogP contribution in [0.15, 0.2) is 66.7 Å². The second-order valence-electron chi connectivity index (χ2n) is 8.39. The first-order valence-electron chi connectivity index (χ1n) is 11.0. The maximum atomic E-state index is 12.3. The summed E-state index contributed by atoms with van der Waals surface area (Å²) in [6.07, 6.45) is 2.41. The highest BCUT2D eigenvalue weighted by Gasteiger charge is 2.31. The number of hydrogen-bond donors (Lipinski definition) is 1. The highest BCUT2D eigenvalue weighted by Crippen LogP contribution is 2.28. The molecule has 0 aromatic heterocycles. The summed E-state index contributed by atoms with van der Waals surface area (Å²) in [7, 11) is 0. The Kier molecular flexibility index (Phi) is 6.98. The van der Waals surface area contributed by atoms with E-state index < -0.39 is 0 Å². The van der Waals surface area contributed by atoms with Gasteiger partial charge in [-0.1, -0.05) is 65.4 Å². The Labute approximate surface area is 203 Å². The summed E-state index contributed by atoms with van der Waals surface area (Å²) in [4.78, 5) is 35.4. The van der Waals surface area contributed by atoms with E-state index in [1.165, 1.54) is 0 Å². The van der Waals surface area contributed by atoms with Gasteiger partial charge < -0.3 is 4.74 Å². The van der Waals surface area contributed by atoms with E-state index in [1.807, 2.05) is 68.5 Å². The van der Waals surface area contributed by atoms with Crippen molar-refractivity contribution in [2.75, 3.05) is 0 Å². The molecule has 6 heteroatoms. The molecule has 0 saturated carbocycles. The summed E-state index contributed by atoms with van der Waals surface area (Å²) in [6.45, 7) is 5.66. The zero-order valence-electron chi connectivity index (χ0n) is 19.3. The van der Waals surface area contributed by atoms with Gasteiger partial charge in [0, 0.05) is 5.57 Å². The molecule has 1 atom stereocenters. The van der Waals surface area contributed by atoms with Crippen molar-refractivity contribution in [1.82, 2.24) is 5.32 Å². The van der Waals surface area contributed by atoms with Crippen LogP contribution in [0.1, 0.15) is 34.7 Å². The lowest BCUT2D eigenvalue weighted by Crippen LogP contribution is -2.25. The number of carbonyl (C=O) groups excluding carboxylic acids is 3. The average molecular weight is 472 g/mol. The largest absolute Gasteiger partial charge is 0.457 e. The summed E-state index contributed by atoms with van der Waals surface area (Å²) in [5.41, 5.74) is 5.74. The van der Waals surface area contributed by atoms with Crippen molar-refractivity contribution in [3.05, 3.63) is 94.5 Å². The van der Waals surface area contributed by atoms with Gasteiger partial charge in [-0.25, -0.2) is 0 Å². The minimum Gasteiger partial charge on any atom is -0.457 e. The van der Waals surface area contributed by atoms with E-state index >= 15 is 0 Å². The van der Waals surface area contributed by atoms with E-state index in [9.17, 15) is 14.4 Å². The van der Waals surface area contributed by atoms with E-state index in [-0.39, 0.29) is 22.2 Å². The number of aryl methyl sites for hydroxylation is 2. The third-order valence-electron chi connectivity index (χ3n) is 5.45.